The Morgan fingerprint density at radius 3 is 2.47 bits per heavy atom. The number of para-hydroxylation sites is 2. The molecule has 1 fully saturated rings. The van der Waals surface area contributed by atoms with Crippen LogP contribution in [0.4, 0.5) is 11.6 Å². The van der Waals surface area contributed by atoms with E-state index in [1.54, 1.807) is 24.3 Å². The molecule has 0 saturated carbocycles. The van der Waals surface area contributed by atoms with Gasteiger partial charge in [0.25, 0.3) is 5.69 Å². The lowest BCUT2D eigenvalue weighted by atomic mass is 10.1. The van der Waals surface area contributed by atoms with Crippen LogP contribution in [0.3, 0.4) is 0 Å². The number of carbonyl (C=O) groups is 1. The van der Waals surface area contributed by atoms with Gasteiger partial charge in [-0.1, -0.05) is 41.9 Å². The third-order valence-electron chi connectivity index (χ3n) is 5.78. The van der Waals surface area contributed by atoms with Crippen LogP contribution in [-0.2, 0) is 9.53 Å². The average molecular weight is 505 g/mol. The SMILES string of the molecule is O=C(CN1CCOCC1)Nc1nc(-c2ccccc2[N+](=O)[O-])cc(-c2cc3ccccc3nc2Cl)n1. The number of nitrogens with zero attached hydrogens (tertiary/aromatic N) is 5. The molecule has 5 rings (SSSR count). The Morgan fingerprint density at radius 2 is 1.69 bits per heavy atom. The average Bonchev–Trinajstić information content (AvgIpc) is 2.88. The van der Waals surface area contributed by atoms with Crippen LogP contribution in [0.1, 0.15) is 0 Å². The van der Waals surface area contributed by atoms with Gasteiger partial charge in [0.1, 0.15) is 5.15 Å². The number of nitrogens with one attached hydrogen (secondary N) is 1. The van der Waals surface area contributed by atoms with E-state index in [9.17, 15) is 14.9 Å². The third-order valence-corrected chi connectivity index (χ3v) is 6.07. The summed E-state index contributed by atoms with van der Waals surface area (Å²) in [5, 5.41) is 15.5. The number of nitro benzene ring substituents is 1. The van der Waals surface area contributed by atoms with E-state index in [4.69, 9.17) is 16.3 Å². The van der Waals surface area contributed by atoms with E-state index in [0.717, 1.165) is 10.9 Å². The van der Waals surface area contributed by atoms with Gasteiger partial charge in [-0.2, -0.15) is 0 Å². The number of hydrogen-bond donors (Lipinski definition) is 1. The van der Waals surface area contributed by atoms with Gasteiger partial charge >= 0.3 is 0 Å². The Labute approximate surface area is 211 Å². The molecule has 0 radical (unpaired) electrons. The third kappa shape index (κ3) is 5.15. The Hall–Kier alpha value is -3.99. The highest BCUT2D eigenvalue weighted by molar-refractivity contribution is 6.32. The highest BCUT2D eigenvalue weighted by Crippen LogP contribution is 2.34. The predicted molar refractivity (Wildman–Crippen MR) is 136 cm³/mol. The van der Waals surface area contributed by atoms with Crippen LogP contribution in [-0.4, -0.2) is 63.5 Å². The smallest absolute Gasteiger partial charge is 0.278 e. The van der Waals surface area contributed by atoms with Gasteiger partial charge in [0.2, 0.25) is 11.9 Å². The van der Waals surface area contributed by atoms with Gasteiger partial charge in [-0.05, 0) is 24.3 Å². The van der Waals surface area contributed by atoms with Crippen LogP contribution in [0.2, 0.25) is 5.15 Å². The van der Waals surface area contributed by atoms with Crippen molar-refractivity contribution in [3.05, 3.63) is 75.9 Å². The molecule has 0 atom stereocenters. The second-order valence-electron chi connectivity index (χ2n) is 8.19. The van der Waals surface area contributed by atoms with Crippen molar-refractivity contribution in [3.8, 4) is 22.5 Å². The van der Waals surface area contributed by atoms with Crippen LogP contribution < -0.4 is 5.32 Å². The second-order valence-corrected chi connectivity index (χ2v) is 8.55. The Balaban J connectivity index is 1.58. The summed E-state index contributed by atoms with van der Waals surface area (Å²) in [6, 6.07) is 17.2. The molecule has 10 nitrogen and oxygen atoms in total. The minimum Gasteiger partial charge on any atom is -0.379 e. The Morgan fingerprint density at radius 1 is 1.00 bits per heavy atom. The standard InChI is InChI=1S/C25H21ClN6O4/c26-24-18(13-16-5-1-3-7-19(16)27-24)21-14-20(17-6-2-4-8-22(17)32(34)35)28-25(29-21)30-23(33)15-31-9-11-36-12-10-31/h1-8,13-14H,9-12,15H2,(H,28,29,30,33). The molecule has 1 N–H and O–H groups in total. The van der Waals surface area contributed by atoms with Crippen molar-refractivity contribution >= 4 is 40.0 Å². The van der Waals surface area contributed by atoms with E-state index in [-0.39, 0.29) is 34.9 Å². The Kier molecular flexibility index (Phi) is 6.81. The van der Waals surface area contributed by atoms with Gasteiger partial charge in [0, 0.05) is 30.1 Å². The van der Waals surface area contributed by atoms with Gasteiger partial charge in [0.15, 0.2) is 0 Å². The van der Waals surface area contributed by atoms with Gasteiger partial charge < -0.3 is 4.74 Å². The van der Waals surface area contributed by atoms with E-state index in [1.807, 2.05) is 35.2 Å². The first kappa shape index (κ1) is 23.7. The number of morpholine rings is 1. The number of rotatable bonds is 6. The first-order valence-corrected chi connectivity index (χ1v) is 11.6. The topological polar surface area (TPSA) is 123 Å². The minimum absolute atomic E-state index is 0.0168. The molecule has 1 amide bonds. The number of halogens is 1. The maximum Gasteiger partial charge on any atom is 0.278 e. The second kappa shape index (κ2) is 10.3. The molecule has 182 valence electrons. The molecule has 2 aromatic carbocycles. The van der Waals surface area contributed by atoms with E-state index >= 15 is 0 Å². The molecule has 2 aromatic heterocycles. The molecule has 0 unspecified atom stereocenters. The maximum atomic E-state index is 12.8. The van der Waals surface area contributed by atoms with Crippen LogP contribution in [0.15, 0.2) is 60.7 Å². The van der Waals surface area contributed by atoms with Gasteiger partial charge in [-0.25, -0.2) is 15.0 Å². The maximum absolute atomic E-state index is 12.8. The van der Waals surface area contributed by atoms with Gasteiger partial charge in [-0.15, -0.1) is 0 Å². The van der Waals surface area contributed by atoms with Crippen molar-refractivity contribution in [1.29, 1.82) is 0 Å². The molecule has 0 aliphatic carbocycles. The van der Waals surface area contributed by atoms with Crippen LogP contribution >= 0.6 is 11.6 Å². The van der Waals surface area contributed by atoms with E-state index < -0.39 is 4.92 Å². The monoisotopic (exact) mass is 504 g/mol. The van der Waals surface area contributed by atoms with E-state index in [0.29, 0.717) is 43.1 Å². The molecule has 4 aromatic rings. The molecule has 0 spiro atoms. The first-order valence-electron chi connectivity index (χ1n) is 11.3. The summed E-state index contributed by atoms with van der Waals surface area (Å²) < 4.78 is 5.33. The number of ether oxygens (including phenoxy) is 1. The summed E-state index contributed by atoms with van der Waals surface area (Å²) in [6.45, 7) is 2.57. The summed E-state index contributed by atoms with van der Waals surface area (Å²) in [5.74, 6) is -0.284. The lowest BCUT2D eigenvalue weighted by Crippen LogP contribution is -2.41. The number of carbonyl (C=O) groups excluding carboxylic acids is 1. The fourth-order valence-electron chi connectivity index (χ4n) is 4.03. The normalized spacial score (nSPS) is 14.0. The van der Waals surface area contributed by atoms with Crippen molar-refractivity contribution < 1.29 is 14.5 Å². The largest absolute Gasteiger partial charge is 0.379 e. The molecule has 3 heterocycles. The van der Waals surface area contributed by atoms with Gasteiger partial charge in [-0.3, -0.25) is 25.1 Å². The zero-order valence-electron chi connectivity index (χ0n) is 19.1. The Bertz CT molecular complexity index is 1460. The lowest BCUT2D eigenvalue weighted by Gasteiger charge is -2.25. The van der Waals surface area contributed by atoms with Crippen molar-refractivity contribution in [2.75, 3.05) is 38.2 Å². The highest BCUT2D eigenvalue weighted by Gasteiger charge is 2.21. The molecule has 11 heteroatoms. The predicted octanol–water partition coefficient (Wildman–Crippen LogP) is 4.19. The van der Waals surface area contributed by atoms with Crippen molar-refractivity contribution in [2.45, 2.75) is 0 Å². The number of aromatic nitrogens is 3. The zero-order valence-corrected chi connectivity index (χ0v) is 19.8. The fourth-order valence-corrected chi connectivity index (χ4v) is 4.27. The number of anilines is 1. The number of benzene rings is 2. The fraction of sp³-hybridized carbons (Fsp3) is 0.200. The van der Waals surface area contributed by atoms with Crippen molar-refractivity contribution in [1.82, 2.24) is 19.9 Å². The minimum atomic E-state index is -0.474. The van der Waals surface area contributed by atoms with Gasteiger partial charge in [0.05, 0.1) is 47.1 Å². The molecular formula is C25H21ClN6O4. The zero-order chi connectivity index (χ0) is 25.1. The lowest BCUT2D eigenvalue weighted by molar-refractivity contribution is -0.384. The number of fused-ring (bicyclic) bond motifs is 1. The summed E-state index contributed by atoms with van der Waals surface area (Å²) in [5.41, 5.74) is 2.07. The van der Waals surface area contributed by atoms with E-state index in [1.165, 1.54) is 6.07 Å². The number of nitro groups is 1. The molecule has 1 saturated heterocycles. The molecule has 0 bridgehead atoms. The summed E-state index contributed by atoms with van der Waals surface area (Å²) in [7, 11) is 0. The molecule has 1 aliphatic heterocycles. The van der Waals surface area contributed by atoms with Crippen LogP contribution in [0.25, 0.3) is 33.4 Å². The molecular weight excluding hydrogens is 484 g/mol. The number of hydrogen-bond acceptors (Lipinski definition) is 8. The highest BCUT2D eigenvalue weighted by atomic mass is 35.5. The van der Waals surface area contributed by atoms with Crippen LogP contribution in [0.5, 0.6) is 0 Å². The summed E-state index contributed by atoms with van der Waals surface area (Å²) in [4.78, 5) is 39.4. The van der Waals surface area contributed by atoms with Crippen molar-refractivity contribution in [3.63, 3.8) is 0 Å². The number of pyridine rings is 1. The first-order chi connectivity index (χ1) is 17.5. The summed E-state index contributed by atoms with van der Waals surface area (Å²) in [6.07, 6.45) is 0. The van der Waals surface area contributed by atoms with E-state index in [2.05, 4.69) is 20.3 Å². The van der Waals surface area contributed by atoms with Crippen LogP contribution in [0, 0.1) is 10.1 Å². The number of amides is 1. The summed E-state index contributed by atoms with van der Waals surface area (Å²) >= 11 is 6.52. The van der Waals surface area contributed by atoms with Crippen molar-refractivity contribution in [2.24, 2.45) is 0 Å². The molecule has 1 aliphatic rings. The molecule has 36 heavy (non-hydrogen) atoms. The quantitative estimate of drug-likeness (QED) is 0.235.